The molecule has 9 heteroatoms. The van der Waals surface area contributed by atoms with E-state index in [2.05, 4.69) is 0 Å². The van der Waals surface area contributed by atoms with Gasteiger partial charge in [0.25, 0.3) is 5.76 Å². The smallest absolute Gasteiger partial charge is 0.453 e. The lowest BCUT2D eigenvalue weighted by molar-refractivity contribution is -0.154. The van der Waals surface area contributed by atoms with E-state index >= 15 is 0 Å². The van der Waals surface area contributed by atoms with Crippen molar-refractivity contribution in [1.82, 2.24) is 4.90 Å². The van der Waals surface area contributed by atoms with Crippen molar-refractivity contribution in [3.8, 4) is 17.2 Å². The Morgan fingerprint density at radius 2 is 1.71 bits per heavy atom. The summed E-state index contributed by atoms with van der Waals surface area (Å²) < 4.78 is 52.8. The van der Waals surface area contributed by atoms with E-state index in [1.807, 2.05) is 32.6 Å². The topological polar surface area (TPSA) is 62.9 Å². The summed E-state index contributed by atoms with van der Waals surface area (Å²) in [5.74, 6) is -2.19. The maximum atomic E-state index is 14.0. The van der Waals surface area contributed by atoms with Gasteiger partial charge in [-0.1, -0.05) is 39.3 Å². The summed E-state index contributed by atoms with van der Waals surface area (Å²) in [6.45, 7) is 11.2. The molecule has 0 aliphatic heterocycles. The molecule has 0 fully saturated rings. The average molecular weight is 512 g/mol. The maximum absolute atomic E-state index is 14.0. The highest BCUT2D eigenvalue weighted by Crippen LogP contribution is 2.40. The molecule has 1 heterocycles. The predicted octanol–water partition coefficient (Wildman–Crippen LogP) is 7.39. The molecule has 0 bridgehead atoms. The molecule has 0 atom stereocenters. The number of nitrogens with zero attached hydrogens (tertiary/aromatic N) is 1. The lowest BCUT2D eigenvalue weighted by atomic mass is 10.1. The van der Waals surface area contributed by atoms with Crippen LogP contribution >= 0.6 is 11.6 Å². The highest BCUT2D eigenvalue weighted by Gasteiger charge is 2.41. The van der Waals surface area contributed by atoms with Crippen LogP contribution in [-0.4, -0.2) is 23.1 Å². The van der Waals surface area contributed by atoms with Crippen LogP contribution in [0.2, 0.25) is 5.02 Å². The Kier molecular flexibility index (Phi) is 8.07. The van der Waals surface area contributed by atoms with Crippen molar-refractivity contribution in [2.24, 2.45) is 11.8 Å². The van der Waals surface area contributed by atoms with E-state index in [0.717, 1.165) is 0 Å². The SMILES string of the molecule is Cc1cc(Oc2c(C(F)(F)F)oc3c(CN(CC(C)C)CC(C)C)c(O)ccc3c2=O)ccc1Cl. The number of aryl methyl sites for hydroxylation is 1. The predicted molar refractivity (Wildman–Crippen MR) is 130 cm³/mol. The summed E-state index contributed by atoms with van der Waals surface area (Å²) >= 11 is 5.99. The van der Waals surface area contributed by atoms with Gasteiger partial charge in [0.1, 0.15) is 17.1 Å². The number of benzene rings is 2. The minimum atomic E-state index is -5.01. The van der Waals surface area contributed by atoms with Crippen molar-refractivity contribution in [2.75, 3.05) is 13.1 Å². The highest BCUT2D eigenvalue weighted by molar-refractivity contribution is 6.31. The number of phenolic OH excluding ortho intramolecular Hbond substituents is 1. The van der Waals surface area contributed by atoms with Gasteiger partial charge in [-0.3, -0.25) is 9.69 Å². The van der Waals surface area contributed by atoms with Gasteiger partial charge in [-0.2, -0.15) is 13.2 Å². The molecular weight excluding hydrogens is 483 g/mol. The quantitative estimate of drug-likeness (QED) is 0.341. The number of hydrogen-bond donors (Lipinski definition) is 1. The third-order valence-electron chi connectivity index (χ3n) is 5.33. The van der Waals surface area contributed by atoms with Crippen molar-refractivity contribution in [1.29, 1.82) is 0 Å². The Bertz CT molecular complexity index is 1260. The molecule has 3 rings (SSSR count). The third-order valence-corrected chi connectivity index (χ3v) is 5.76. The van der Waals surface area contributed by atoms with E-state index in [9.17, 15) is 23.1 Å². The van der Waals surface area contributed by atoms with Gasteiger partial charge in [0.15, 0.2) is 0 Å². The molecular formula is C26H29ClF3NO4. The first-order chi connectivity index (χ1) is 16.3. The van der Waals surface area contributed by atoms with Gasteiger partial charge >= 0.3 is 6.18 Å². The van der Waals surface area contributed by atoms with Gasteiger partial charge in [0.05, 0.1) is 10.9 Å². The molecule has 0 spiro atoms. The minimum Gasteiger partial charge on any atom is -0.507 e. The molecule has 0 unspecified atom stereocenters. The zero-order chi connectivity index (χ0) is 26.1. The fraction of sp³-hybridized carbons (Fsp3) is 0.423. The summed E-state index contributed by atoms with van der Waals surface area (Å²) in [6, 6.07) is 6.81. The molecule has 0 radical (unpaired) electrons. The number of rotatable bonds is 8. The Hall–Kier alpha value is -2.71. The van der Waals surface area contributed by atoms with Gasteiger partial charge in [0, 0.05) is 24.7 Å². The van der Waals surface area contributed by atoms with Gasteiger partial charge in [-0.25, -0.2) is 0 Å². The van der Waals surface area contributed by atoms with Gasteiger partial charge in [-0.05, 0) is 54.7 Å². The Labute approximate surface area is 207 Å². The second-order valence-electron chi connectivity index (χ2n) is 9.52. The molecule has 5 nitrogen and oxygen atoms in total. The average Bonchev–Trinajstić information content (AvgIpc) is 2.72. The molecule has 0 aliphatic rings. The first-order valence-electron chi connectivity index (χ1n) is 11.3. The molecule has 1 aromatic heterocycles. The van der Waals surface area contributed by atoms with Crippen LogP contribution in [0, 0.1) is 18.8 Å². The van der Waals surface area contributed by atoms with Gasteiger partial charge < -0.3 is 14.3 Å². The number of aromatic hydroxyl groups is 1. The molecule has 0 amide bonds. The van der Waals surface area contributed by atoms with Crippen LogP contribution in [0.4, 0.5) is 13.2 Å². The Morgan fingerprint density at radius 3 is 2.26 bits per heavy atom. The number of phenols is 1. The van der Waals surface area contributed by atoms with E-state index in [-0.39, 0.29) is 46.4 Å². The van der Waals surface area contributed by atoms with Crippen molar-refractivity contribution >= 4 is 22.6 Å². The molecule has 0 saturated carbocycles. The van der Waals surface area contributed by atoms with Crippen molar-refractivity contribution < 1.29 is 27.4 Å². The summed E-state index contributed by atoms with van der Waals surface area (Å²) in [6.07, 6.45) is -5.01. The number of ether oxygens (including phenoxy) is 1. The minimum absolute atomic E-state index is 0.0168. The van der Waals surface area contributed by atoms with Crippen molar-refractivity contribution in [3.63, 3.8) is 0 Å². The van der Waals surface area contributed by atoms with Gasteiger partial charge in [-0.15, -0.1) is 0 Å². The zero-order valence-corrected chi connectivity index (χ0v) is 21.0. The summed E-state index contributed by atoms with van der Waals surface area (Å²) in [5, 5.41) is 10.9. The van der Waals surface area contributed by atoms with Crippen LogP contribution in [0.1, 0.15) is 44.6 Å². The standard InChI is InChI=1S/C26H29ClF3NO4/c1-14(2)11-31(12-15(3)4)13-19-21(32)9-7-18-22(33)24(25(26(28,29)30)35-23(18)19)34-17-6-8-20(27)16(5)10-17/h6-10,14-15,32H,11-13H2,1-5H3. The number of halogens is 4. The van der Waals surface area contributed by atoms with E-state index in [1.165, 1.54) is 30.3 Å². The second-order valence-corrected chi connectivity index (χ2v) is 9.93. The monoisotopic (exact) mass is 511 g/mol. The Morgan fingerprint density at radius 1 is 1.09 bits per heavy atom. The summed E-state index contributed by atoms with van der Waals surface area (Å²) in [7, 11) is 0. The fourth-order valence-electron chi connectivity index (χ4n) is 3.98. The molecule has 2 aromatic carbocycles. The number of alkyl halides is 3. The van der Waals surface area contributed by atoms with E-state index < -0.39 is 23.1 Å². The molecule has 3 aromatic rings. The number of fused-ring (bicyclic) bond motifs is 1. The van der Waals surface area contributed by atoms with Crippen LogP contribution in [-0.2, 0) is 12.7 Å². The lowest BCUT2D eigenvalue weighted by Gasteiger charge is -2.26. The molecule has 0 aliphatic carbocycles. The van der Waals surface area contributed by atoms with Crippen LogP contribution in [0.15, 0.2) is 39.5 Å². The fourth-order valence-corrected chi connectivity index (χ4v) is 4.09. The second kappa shape index (κ2) is 10.5. The summed E-state index contributed by atoms with van der Waals surface area (Å²) in [4.78, 5) is 15.3. The highest BCUT2D eigenvalue weighted by atomic mass is 35.5. The normalized spacial score (nSPS) is 12.3. The largest absolute Gasteiger partial charge is 0.507 e. The van der Waals surface area contributed by atoms with Crippen LogP contribution in [0.25, 0.3) is 11.0 Å². The van der Waals surface area contributed by atoms with Crippen molar-refractivity contribution in [2.45, 2.75) is 47.3 Å². The van der Waals surface area contributed by atoms with Crippen LogP contribution in [0.3, 0.4) is 0 Å². The van der Waals surface area contributed by atoms with Crippen molar-refractivity contribution in [3.05, 3.63) is 62.5 Å². The first kappa shape index (κ1) is 26.9. The molecule has 1 N–H and O–H groups in total. The maximum Gasteiger partial charge on any atom is 0.453 e. The summed E-state index contributed by atoms with van der Waals surface area (Å²) in [5.41, 5.74) is -0.586. The van der Waals surface area contributed by atoms with Crippen LogP contribution in [0.5, 0.6) is 17.2 Å². The first-order valence-corrected chi connectivity index (χ1v) is 11.7. The number of hydrogen-bond acceptors (Lipinski definition) is 5. The molecule has 35 heavy (non-hydrogen) atoms. The third kappa shape index (κ3) is 6.30. The van der Waals surface area contributed by atoms with Gasteiger partial charge in [0.2, 0.25) is 11.2 Å². The zero-order valence-electron chi connectivity index (χ0n) is 20.3. The molecule has 0 saturated heterocycles. The van der Waals surface area contributed by atoms with E-state index in [0.29, 0.717) is 23.7 Å². The van der Waals surface area contributed by atoms with Crippen LogP contribution < -0.4 is 10.2 Å². The van der Waals surface area contributed by atoms with E-state index in [1.54, 1.807) is 6.92 Å². The lowest BCUT2D eigenvalue weighted by Crippen LogP contribution is -2.31. The van der Waals surface area contributed by atoms with E-state index in [4.69, 9.17) is 20.8 Å². The molecule has 190 valence electrons. The Balaban J connectivity index is 2.20.